The first-order chi connectivity index (χ1) is 19.3. The van der Waals surface area contributed by atoms with Gasteiger partial charge < -0.3 is 0 Å². The second-order valence-corrected chi connectivity index (χ2v) is 18.0. The predicted octanol–water partition coefficient (Wildman–Crippen LogP) is 13.3. The van der Waals surface area contributed by atoms with Crippen LogP contribution in [0.15, 0.2) is 0 Å². The summed E-state index contributed by atoms with van der Waals surface area (Å²) in [6.45, 7) is 31.1. The second-order valence-electron chi connectivity index (χ2n) is 18.0. The quantitative estimate of drug-likeness (QED) is 0.316. The van der Waals surface area contributed by atoms with Gasteiger partial charge in [-0.2, -0.15) is 0 Å². The minimum Gasteiger partial charge on any atom is -0.0651 e. The first-order valence-electron chi connectivity index (χ1n) is 19.3. The maximum absolute atomic E-state index is 2.68. The van der Waals surface area contributed by atoms with Crippen molar-refractivity contribution in [2.24, 2.45) is 88.3 Å². The summed E-state index contributed by atoms with van der Waals surface area (Å²) in [4.78, 5) is 0. The van der Waals surface area contributed by atoms with Crippen LogP contribution < -0.4 is 0 Å². The summed E-state index contributed by atoms with van der Waals surface area (Å²) >= 11 is 0. The standard InChI is InChI=1S/C41H78/c1-13-36-35-20-23-37-32(9)18-17-29(6)15-14-16-31(8)34(11)41(12,28(4)5)26-30(7)25-40(27(2)3)33(10)19-22-38(36)39(37)24-21-35/h27-40H,13-26H2,1-12H3. The van der Waals surface area contributed by atoms with Crippen LogP contribution in [0.3, 0.4) is 0 Å². The fourth-order valence-electron chi connectivity index (χ4n) is 11.5. The lowest BCUT2D eigenvalue weighted by Gasteiger charge is -2.46. The van der Waals surface area contributed by atoms with E-state index in [0.717, 1.165) is 82.9 Å². The molecule has 0 saturated heterocycles. The zero-order valence-electron chi connectivity index (χ0n) is 30.5. The van der Waals surface area contributed by atoms with E-state index >= 15 is 0 Å². The second kappa shape index (κ2) is 15.8. The average molecular weight is 571 g/mol. The number of fused-ring (bicyclic) bond motifs is 2. The van der Waals surface area contributed by atoms with E-state index in [2.05, 4.69) is 83.1 Å². The Morgan fingerprint density at radius 2 is 1.22 bits per heavy atom. The van der Waals surface area contributed by atoms with Gasteiger partial charge in [-0.15, -0.1) is 0 Å². The number of hydrogen-bond donors (Lipinski definition) is 0. The molecule has 242 valence electrons. The molecule has 4 aliphatic carbocycles. The molecule has 0 amide bonds. The molecule has 0 heterocycles. The number of rotatable bonds is 3. The molecule has 0 heteroatoms. The van der Waals surface area contributed by atoms with E-state index in [0.29, 0.717) is 5.41 Å². The van der Waals surface area contributed by atoms with Gasteiger partial charge in [0.05, 0.1) is 0 Å². The normalized spacial score (nSPS) is 46.4. The van der Waals surface area contributed by atoms with Crippen LogP contribution in [0.5, 0.6) is 0 Å². The smallest absolute Gasteiger partial charge is 0.0272 e. The van der Waals surface area contributed by atoms with Gasteiger partial charge in [-0.05, 0) is 133 Å². The summed E-state index contributed by atoms with van der Waals surface area (Å²) in [7, 11) is 0. The third kappa shape index (κ3) is 8.80. The first kappa shape index (κ1) is 35.5. The molecule has 41 heavy (non-hydrogen) atoms. The Hall–Kier alpha value is 0. The molecule has 0 aromatic rings. The van der Waals surface area contributed by atoms with Crippen molar-refractivity contribution in [3.63, 3.8) is 0 Å². The fraction of sp³-hybridized carbons (Fsp3) is 1.00. The Morgan fingerprint density at radius 3 is 1.83 bits per heavy atom. The molecule has 0 aromatic heterocycles. The molecule has 0 aliphatic heterocycles. The van der Waals surface area contributed by atoms with Crippen molar-refractivity contribution in [1.29, 1.82) is 0 Å². The van der Waals surface area contributed by atoms with Gasteiger partial charge >= 0.3 is 0 Å². The third-order valence-corrected chi connectivity index (χ3v) is 14.9. The summed E-state index contributed by atoms with van der Waals surface area (Å²) in [5, 5.41) is 0. The molecule has 0 N–H and O–H groups in total. The van der Waals surface area contributed by atoms with Crippen LogP contribution in [-0.4, -0.2) is 0 Å². The zero-order chi connectivity index (χ0) is 30.5. The van der Waals surface area contributed by atoms with Gasteiger partial charge in [0.2, 0.25) is 0 Å². The lowest BCUT2D eigenvalue weighted by atomic mass is 9.60. The Kier molecular flexibility index (Phi) is 13.7. The van der Waals surface area contributed by atoms with E-state index in [4.69, 9.17) is 0 Å². The molecule has 13 unspecified atom stereocenters. The SMILES string of the molecule is CCC1C2CCC3C(C)CCC(C)CCCC(C)C(C)C(C)(C(C)C)CC(C)CC(C(C)C)C(C)CCC1C3CC2. The maximum Gasteiger partial charge on any atom is -0.0272 e. The summed E-state index contributed by atoms with van der Waals surface area (Å²) in [5.74, 6) is 12.6. The van der Waals surface area contributed by atoms with Gasteiger partial charge in [-0.25, -0.2) is 0 Å². The minimum absolute atomic E-state index is 0.439. The number of hydrogen-bond acceptors (Lipinski definition) is 0. The van der Waals surface area contributed by atoms with Crippen molar-refractivity contribution in [3.8, 4) is 0 Å². The summed E-state index contributed by atoms with van der Waals surface area (Å²) in [6.07, 6.45) is 20.7. The summed E-state index contributed by atoms with van der Waals surface area (Å²) in [6, 6.07) is 0. The van der Waals surface area contributed by atoms with Gasteiger partial charge in [0.1, 0.15) is 0 Å². The van der Waals surface area contributed by atoms with Crippen LogP contribution in [0.2, 0.25) is 0 Å². The van der Waals surface area contributed by atoms with E-state index in [-0.39, 0.29) is 0 Å². The molecular weight excluding hydrogens is 492 g/mol. The van der Waals surface area contributed by atoms with E-state index in [9.17, 15) is 0 Å². The molecule has 4 saturated carbocycles. The highest BCUT2D eigenvalue weighted by Crippen LogP contribution is 2.55. The van der Waals surface area contributed by atoms with Crippen molar-refractivity contribution in [3.05, 3.63) is 0 Å². The third-order valence-electron chi connectivity index (χ3n) is 14.9. The lowest BCUT2D eigenvalue weighted by Crippen LogP contribution is -2.37. The van der Waals surface area contributed by atoms with E-state index in [1.165, 1.54) is 64.2 Å². The van der Waals surface area contributed by atoms with E-state index < -0.39 is 0 Å². The Balaban J connectivity index is 1.87. The van der Waals surface area contributed by atoms with Gasteiger partial charge in [-0.3, -0.25) is 0 Å². The van der Waals surface area contributed by atoms with Crippen LogP contribution >= 0.6 is 0 Å². The molecule has 0 aromatic carbocycles. The van der Waals surface area contributed by atoms with Gasteiger partial charge in [0, 0.05) is 0 Å². The molecule has 4 rings (SSSR count). The molecule has 4 aliphatic rings. The van der Waals surface area contributed by atoms with Crippen molar-refractivity contribution in [2.45, 2.75) is 173 Å². The van der Waals surface area contributed by atoms with Crippen LogP contribution in [0.25, 0.3) is 0 Å². The summed E-state index contributed by atoms with van der Waals surface area (Å²) < 4.78 is 0. The van der Waals surface area contributed by atoms with Crippen LogP contribution in [-0.2, 0) is 0 Å². The Morgan fingerprint density at radius 1 is 0.610 bits per heavy atom. The lowest BCUT2D eigenvalue weighted by molar-refractivity contribution is 0.0376. The highest BCUT2D eigenvalue weighted by molar-refractivity contribution is 4.95. The molecule has 0 radical (unpaired) electrons. The van der Waals surface area contributed by atoms with Crippen molar-refractivity contribution >= 4 is 0 Å². The maximum atomic E-state index is 2.68. The van der Waals surface area contributed by atoms with Gasteiger partial charge in [0.25, 0.3) is 0 Å². The molecule has 4 fully saturated rings. The Bertz CT molecular complexity index is 734. The van der Waals surface area contributed by atoms with Crippen LogP contribution in [0.4, 0.5) is 0 Å². The van der Waals surface area contributed by atoms with E-state index in [1.807, 2.05) is 0 Å². The average Bonchev–Trinajstić information content (AvgIpc) is 3.22. The largest absolute Gasteiger partial charge is 0.0651 e. The van der Waals surface area contributed by atoms with Crippen molar-refractivity contribution in [1.82, 2.24) is 0 Å². The highest BCUT2D eigenvalue weighted by Gasteiger charge is 2.46. The first-order valence-corrected chi connectivity index (χ1v) is 19.3. The Labute approximate surface area is 260 Å². The van der Waals surface area contributed by atoms with E-state index in [1.54, 1.807) is 25.7 Å². The monoisotopic (exact) mass is 571 g/mol. The molecular formula is C41H78. The molecule has 0 spiro atoms. The topological polar surface area (TPSA) is 0 Å². The fourth-order valence-corrected chi connectivity index (χ4v) is 11.5. The van der Waals surface area contributed by atoms with Crippen molar-refractivity contribution in [2.75, 3.05) is 0 Å². The molecule has 0 nitrogen and oxygen atoms in total. The summed E-state index contributed by atoms with van der Waals surface area (Å²) in [5.41, 5.74) is 0.439. The van der Waals surface area contributed by atoms with Gasteiger partial charge in [-0.1, -0.05) is 128 Å². The molecule has 4 bridgehead atoms. The van der Waals surface area contributed by atoms with Crippen LogP contribution in [0, 0.1) is 88.3 Å². The molecule has 13 atom stereocenters. The van der Waals surface area contributed by atoms with Crippen LogP contribution in [0.1, 0.15) is 173 Å². The predicted molar refractivity (Wildman–Crippen MR) is 184 cm³/mol. The minimum atomic E-state index is 0.439. The van der Waals surface area contributed by atoms with Gasteiger partial charge in [0.15, 0.2) is 0 Å². The zero-order valence-corrected chi connectivity index (χ0v) is 30.5. The van der Waals surface area contributed by atoms with Crippen molar-refractivity contribution < 1.29 is 0 Å². The highest BCUT2D eigenvalue weighted by atomic mass is 14.5.